The lowest BCUT2D eigenvalue weighted by molar-refractivity contribution is -0.121. The van der Waals surface area contributed by atoms with Crippen LogP contribution in [0.1, 0.15) is 37.3 Å². The Morgan fingerprint density at radius 3 is 2.48 bits per heavy atom. The normalized spacial score (nSPS) is 12.5. The molecule has 0 aliphatic carbocycles. The number of amides is 1. The standard InChI is InChI=1S/C21H23ClN2O/c1-14(2)23-21(25)12-18(15-8-10-16(22)11-9-15)19-13-24(3)20-7-5-4-6-17(19)20/h4-11,13-14,18H,12H2,1-3H3,(H,23,25)/t18-/m0/s1. The third kappa shape index (κ3) is 3.88. The van der Waals surface area contributed by atoms with Crippen molar-refractivity contribution in [3.8, 4) is 0 Å². The summed E-state index contributed by atoms with van der Waals surface area (Å²) >= 11 is 6.05. The zero-order valence-electron chi connectivity index (χ0n) is 14.8. The molecule has 0 spiro atoms. The molecule has 0 saturated carbocycles. The Hall–Kier alpha value is -2.26. The maximum Gasteiger partial charge on any atom is 0.221 e. The number of nitrogens with one attached hydrogen (secondary N) is 1. The molecule has 3 aromatic rings. The number of para-hydroxylation sites is 1. The van der Waals surface area contributed by atoms with E-state index in [1.165, 1.54) is 16.5 Å². The number of aryl methyl sites for hydroxylation is 1. The number of aromatic nitrogens is 1. The highest BCUT2D eigenvalue weighted by Gasteiger charge is 2.22. The average molecular weight is 355 g/mol. The van der Waals surface area contributed by atoms with Crippen LogP contribution in [-0.2, 0) is 11.8 Å². The second-order valence-electron chi connectivity index (χ2n) is 6.74. The van der Waals surface area contributed by atoms with E-state index in [1.807, 2.05) is 57.3 Å². The number of benzene rings is 2. The van der Waals surface area contributed by atoms with Crippen molar-refractivity contribution in [2.24, 2.45) is 7.05 Å². The van der Waals surface area contributed by atoms with Crippen molar-refractivity contribution in [3.63, 3.8) is 0 Å². The van der Waals surface area contributed by atoms with E-state index >= 15 is 0 Å². The summed E-state index contributed by atoms with van der Waals surface area (Å²) in [7, 11) is 2.04. The van der Waals surface area contributed by atoms with Gasteiger partial charge in [0.25, 0.3) is 0 Å². The molecule has 0 fully saturated rings. The monoisotopic (exact) mass is 354 g/mol. The van der Waals surface area contributed by atoms with Crippen LogP contribution in [0.4, 0.5) is 0 Å². The number of nitrogens with zero attached hydrogens (tertiary/aromatic N) is 1. The maximum absolute atomic E-state index is 12.5. The predicted octanol–water partition coefficient (Wildman–Crippen LogP) is 4.88. The molecule has 1 N–H and O–H groups in total. The molecule has 1 amide bonds. The van der Waals surface area contributed by atoms with Gasteiger partial charge in [0.2, 0.25) is 5.91 Å². The van der Waals surface area contributed by atoms with Crippen LogP contribution < -0.4 is 5.32 Å². The molecule has 4 heteroatoms. The molecular weight excluding hydrogens is 332 g/mol. The van der Waals surface area contributed by atoms with E-state index in [2.05, 4.69) is 28.2 Å². The zero-order chi connectivity index (χ0) is 18.0. The summed E-state index contributed by atoms with van der Waals surface area (Å²) < 4.78 is 2.12. The number of fused-ring (bicyclic) bond motifs is 1. The number of hydrogen-bond acceptors (Lipinski definition) is 1. The summed E-state index contributed by atoms with van der Waals surface area (Å²) in [5, 5.41) is 4.89. The number of hydrogen-bond donors (Lipinski definition) is 1. The molecule has 1 aromatic heterocycles. The first-order chi connectivity index (χ1) is 12.0. The third-order valence-electron chi connectivity index (χ3n) is 4.41. The molecule has 0 aliphatic heterocycles. The lowest BCUT2D eigenvalue weighted by Gasteiger charge is -2.18. The molecule has 25 heavy (non-hydrogen) atoms. The Kier molecular flexibility index (Phi) is 5.14. The number of carbonyl (C=O) groups excluding carboxylic acids is 1. The van der Waals surface area contributed by atoms with E-state index < -0.39 is 0 Å². The molecule has 0 saturated heterocycles. The molecule has 0 unspecified atom stereocenters. The quantitative estimate of drug-likeness (QED) is 0.696. The molecule has 0 aliphatic rings. The summed E-state index contributed by atoms with van der Waals surface area (Å²) in [5.41, 5.74) is 3.43. The zero-order valence-corrected chi connectivity index (χ0v) is 15.5. The Morgan fingerprint density at radius 2 is 1.80 bits per heavy atom. The first-order valence-corrected chi connectivity index (χ1v) is 8.92. The topological polar surface area (TPSA) is 34.0 Å². The highest BCUT2D eigenvalue weighted by atomic mass is 35.5. The lowest BCUT2D eigenvalue weighted by atomic mass is 9.88. The van der Waals surface area contributed by atoms with Gasteiger partial charge >= 0.3 is 0 Å². The minimum Gasteiger partial charge on any atom is -0.354 e. The summed E-state index contributed by atoms with van der Waals surface area (Å²) in [4.78, 5) is 12.5. The van der Waals surface area contributed by atoms with Crippen molar-refractivity contribution in [2.75, 3.05) is 0 Å². The Balaban J connectivity index is 2.06. The van der Waals surface area contributed by atoms with Gasteiger partial charge in [-0.2, -0.15) is 0 Å². The molecule has 3 nitrogen and oxygen atoms in total. The third-order valence-corrected chi connectivity index (χ3v) is 4.67. The second-order valence-corrected chi connectivity index (χ2v) is 7.18. The minimum atomic E-state index is -0.0119. The highest BCUT2D eigenvalue weighted by molar-refractivity contribution is 6.30. The molecule has 3 rings (SSSR count). The summed E-state index contributed by atoms with van der Waals surface area (Å²) in [6.45, 7) is 3.96. The second kappa shape index (κ2) is 7.32. The van der Waals surface area contributed by atoms with Gasteiger partial charge in [-0.1, -0.05) is 41.9 Å². The Labute approximate surface area is 153 Å². The SMILES string of the molecule is CC(C)NC(=O)C[C@@H](c1ccc(Cl)cc1)c1cn(C)c2ccccc12. The van der Waals surface area contributed by atoms with Gasteiger partial charge in [-0.15, -0.1) is 0 Å². The first-order valence-electron chi connectivity index (χ1n) is 8.54. The maximum atomic E-state index is 12.5. The fraction of sp³-hybridized carbons (Fsp3) is 0.286. The lowest BCUT2D eigenvalue weighted by Crippen LogP contribution is -2.31. The van der Waals surface area contributed by atoms with Gasteiger partial charge in [-0.3, -0.25) is 4.79 Å². The molecule has 0 radical (unpaired) electrons. The van der Waals surface area contributed by atoms with Crippen LogP contribution >= 0.6 is 11.6 Å². The molecule has 2 aromatic carbocycles. The molecular formula is C21H23ClN2O. The Morgan fingerprint density at radius 1 is 1.12 bits per heavy atom. The van der Waals surface area contributed by atoms with Crippen LogP contribution in [0.25, 0.3) is 10.9 Å². The molecule has 0 bridgehead atoms. The smallest absolute Gasteiger partial charge is 0.221 e. The van der Waals surface area contributed by atoms with E-state index in [1.54, 1.807) is 0 Å². The molecule has 1 heterocycles. The van der Waals surface area contributed by atoms with Crippen molar-refractivity contribution < 1.29 is 4.79 Å². The minimum absolute atomic E-state index is 0.0119. The van der Waals surface area contributed by atoms with Gasteiger partial charge in [0, 0.05) is 47.6 Å². The highest BCUT2D eigenvalue weighted by Crippen LogP contribution is 2.34. The van der Waals surface area contributed by atoms with Gasteiger partial charge in [0.05, 0.1) is 0 Å². The van der Waals surface area contributed by atoms with E-state index in [0.717, 1.165) is 5.56 Å². The molecule has 130 valence electrons. The van der Waals surface area contributed by atoms with Crippen LogP contribution in [0.15, 0.2) is 54.7 Å². The number of halogens is 1. The van der Waals surface area contributed by atoms with Crippen LogP contribution in [0.5, 0.6) is 0 Å². The average Bonchev–Trinajstić information content (AvgIpc) is 2.90. The summed E-state index contributed by atoms with van der Waals surface area (Å²) in [6, 6.07) is 16.2. The van der Waals surface area contributed by atoms with Crippen molar-refractivity contribution in [2.45, 2.75) is 32.2 Å². The molecule has 1 atom stereocenters. The van der Waals surface area contributed by atoms with Gasteiger partial charge in [0.1, 0.15) is 0 Å². The van der Waals surface area contributed by atoms with Gasteiger partial charge in [-0.25, -0.2) is 0 Å². The number of carbonyl (C=O) groups is 1. The van der Waals surface area contributed by atoms with E-state index in [4.69, 9.17) is 11.6 Å². The van der Waals surface area contributed by atoms with Crippen LogP contribution in [0.3, 0.4) is 0 Å². The Bertz CT molecular complexity index is 881. The van der Waals surface area contributed by atoms with Crippen molar-refractivity contribution in [1.82, 2.24) is 9.88 Å². The fourth-order valence-corrected chi connectivity index (χ4v) is 3.45. The van der Waals surface area contributed by atoms with Crippen molar-refractivity contribution in [3.05, 3.63) is 70.9 Å². The summed E-state index contributed by atoms with van der Waals surface area (Å²) in [5.74, 6) is 0.0463. The van der Waals surface area contributed by atoms with Crippen LogP contribution in [0.2, 0.25) is 5.02 Å². The van der Waals surface area contributed by atoms with Gasteiger partial charge in [0.15, 0.2) is 0 Å². The van der Waals surface area contributed by atoms with E-state index in [9.17, 15) is 4.79 Å². The predicted molar refractivity (Wildman–Crippen MR) is 104 cm³/mol. The van der Waals surface area contributed by atoms with Crippen molar-refractivity contribution >= 4 is 28.4 Å². The number of rotatable bonds is 5. The van der Waals surface area contributed by atoms with E-state index in [-0.39, 0.29) is 17.9 Å². The summed E-state index contributed by atoms with van der Waals surface area (Å²) in [6.07, 6.45) is 2.54. The van der Waals surface area contributed by atoms with E-state index in [0.29, 0.717) is 11.4 Å². The van der Waals surface area contributed by atoms with Gasteiger partial charge < -0.3 is 9.88 Å². The van der Waals surface area contributed by atoms with Crippen LogP contribution in [-0.4, -0.2) is 16.5 Å². The largest absolute Gasteiger partial charge is 0.354 e. The van der Waals surface area contributed by atoms with Crippen LogP contribution in [0, 0.1) is 0 Å². The van der Waals surface area contributed by atoms with Crippen molar-refractivity contribution in [1.29, 1.82) is 0 Å². The fourth-order valence-electron chi connectivity index (χ4n) is 3.32. The first kappa shape index (κ1) is 17.6. The van der Waals surface area contributed by atoms with Gasteiger partial charge in [-0.05, 0) is 43.2 Å².